The van der Waals surface area contributed by atoms with Crippen LogP contribution >= 0.6 is 27.3 Å². The molecule has 0 unspecified atom stereocenters. The molecule has 0 aliphatic carbocycles. The molecule has 14 heavy (non-hydrogen) atoms. The topological polar surface area (TPSA) is 56.7 Å². The molecule has 2 heterocycles. The lowest BCUT2D eigenvalue weighted by atomic mass is 10.5. The van der Waals surface area contributed by atoms with Crippen LogP contribution in [0.1, 0.15) is 10.6 Å². The van der Waals surface area contributed by atoms with E-state index in [1.807, 2.05) is 13.1 Å². The quantitative estimate of drug-likeness (QED) is 0.911. The summed E-state index contributed by atoms with van der Waals surface area (Å²) in [5.74, 6) is 0.663. The molecule has 2 rings (SSSR count). The van der Waals surface area contributed by atoms with Gasteiger partial charge in [0, 0.05) is 11.1 Å². The number of halogens is 1. The first-order valence-corrected chi connectivity index (χ1v) is 5.71. The summed E-state index contributed by atoms with van der Waals surface area (Å²) >= 11 is 4.98. The summed E-state index contributed by atoms with van der Waals surface area (Å²) in [4.78, 5) is 5.15. The molecule has 74 valence electrons. The van der Waals surface area contributed by atoms with Crippen LogP contribution in [0.5, 0.6) is 0 Å². The normalized spacial score (nSPS) is 10.7. The van der Waals surface area contributed by atoms with Crippen LogP contribution in [0.3, 0.4) is 0 Å². The highest BCUT2D eigenvalue weighted by Crippen LogP contribution is 2.23. The van der Waals surface area contributed by atoms with Gasteiger partial charge in [-0.2, -0.15) is 5.10 Å². The standard InChI is InChI=1S/C8H9BrN4S/c1-5-7(9)8(10)13(12-5)3-6-2-11-4-14-6/h2,4H,3,10H2,1H3. The number of anilines is 1. The molecule has 4 nitrogen and oxygen atoms in total. The van der Waals surface area contributed by atoms with Crippen molar-refractivity contribution in [1.29, 1.82) is 0 Å². The van der Waals surface area contributed by atoms with E-state index in [1.54, 1.807) is 21.5 Å². The number of hydrogen-bond donors (Lipinski definition) is 1. The molecule has 0 saturated heterocycles. The van der Waals surface area contributed by atoms with Gasteiger partial charge in [0.2, 0.25) is 0 Å². The maximum Gasteiger partial charge on any atom is 0.136 e. The number of thiazole rings is 1. The van der Waals surface area contributed by atoms with Gasteiger partial charge in [-0.3, -0.25) is 4.98 Å². The maximum atomic E-state index is 5.86. The van der Waals surface area contributed by atoms with Gasteiger partial charge < -0.3 is 5.73 Å². The molecule has 0 saturated carbocycles. The lowest BCUT2D eigenvalue weighted by Crippen LogP contribution is -2.04. The third-order valence-electron chi connectivity index (χ3n) is 1.88. The minimum absolute atomic E-state index is 0.663. The number of aryl methyl sites for hydroxylation is 1. The third-order valence-corrected chi connectivity index (χ3v) is 3.62. The fourth-order valence-corrected chi connectivity index (χ4v) is 2.03. The average molecular weight is 273 g/mol. The van der Waals surface area contributed by atoms with Gasteiger partial charge >= 0.3 is 0 Å². The lowest BCUT2D eigenvalue weighted by molar-refractivity contribution is 0.696. The largest absolute Gasteiger partial charge is 0.383 e. The molecule has 0 atom stereocenters. The van der Waals surface area contributed by atoms with Gasteiger partial charge in [-0.25, -0.2) is 4.68 Å². The SMILES string of the molecule is Cc1nn(Cc2cncs2)c(N)c1Br. The lowest BCUT2D eigenvalue weighted by Gasteiger charge is -2.00. The zero-order chi connectivity index (χ0) is 10.1. The van der Waals surface area contributed by atoms with E-state index < -0.39 is 0 Å². The molecular formula is C8H9BrN4S. The molecule has 6 heteroatoms. The van der Waals surface area contributed by atoms with Gasteiger partial charge in [0.05, 0.1) is 22.2 Å². The Labute approximate surface area is 93.9 Å². The van der Waals surface area contributed by atoms with E-state index in [9.17, 15) is 0 Å². The van der Waals surface area contributed by atoms with Crippen LogP contribution in [0.4, 0.5) is 5.82 Å². The predicted octanol–water partition coefficient (Wildman–Crippen LogP) is 2.04. The van der Waals surface area contributed by atoms with Crippen LogP contribution in [0.2, 0.25) is 0 Å². The van der Waals surface area contributed by atoms with Crippen molar-refractivity contribution < 1.29 is 0 Å². The molecule has 2 aromatic rings. The number of nitrogen functional groups attached to an aromatic ring is 1. The smallest absolute Gasteiger partial charge is 0.136 e. The van der Waals surface area contributed by atoms with Crippen molar-refractivity contribution in [2.24, 2.45) is 0 Å². The Bertz CT molecular complexity index is 434. The van der Waals surface area contributed by atoms with E-state index in [0.717, 1.165) is 15.0 Å². The summed E-state index contributed by atoms with van der Waals surface area (Å²) in [6, 6.07) is 0. The first-order valence-electron chi connectivity index (χ1n) is 4.04. The Morgan fingerprint density at radius 2 is 2.43 bits per heavy atom. The summed E-state index contributed by atoms with van der Waals surface area (Å²) in [6.45, 7) is 2.60. The molecule has 0 aromatic carbocycles. The minimum Gasteiger partial charge on any atom is -0.383 e. The van der Waals surface area contributed by atoms with Crippen LogP contribution in [-0.4, -0.2) is 14.8 Å². The highest BCUT2D eigenvalue weighted by molar-refractivity contribution is 9.10. The minimum atomic E-state index is 0.663. The second kappa shape index (κ2) is 3.70. The Morgan fingerprint density at radius 3 is 2.93 bits per heavy atom. The summed E-state index contributed by atoms with van der Waals surface area (Å²) in [6.07, 6.45) is 1.83. The second-order valence-corrected chi connectivity index (χ2v) is 4.67. The number of hydrogen-bond acceptors (Lipinski definition) is 4. The third kappa shape index (κ3) is 1.67. The van der Waals surface area contributed by atoms with Crippen molar-refractivity contribution in [3.8, 4) is 0 Å². The van der Waals surface area contributed by atoms with Crippen molar-refractivity contribution in [3.05, 3.63) is 26.8 Å². The molecule has 0 fully saturated rings. The molecule has 0 amide bonds. The van der Waals surface area contributed by atoms with Crippen LogP contribution in [-0.2, 0) is 6.54 Å². The van der Waals surface area contributed by atoms with Crippen LogP contribution in [0, 0.1) is 6.92 Å². The summed E-state index contributed by atoms with van der Waals surface area (Å²) < 4.78 is 2.65. The average Bonchev–Trinajstić information content (AvgIpc) is 2.73. The van der Waals surface area contributed by atoms with Crippen molar-refractivity contribution in [2.75, 3.05) is 5.73 Å². The second-order valence-electron chi connectivity index (χ2n) is 2.91. The van der Waals surface area contributed by atoms with Crippen molar-refractivity contribution in [1.82, 2.24) is 14.8 Å². The zero-order valence-electron chi connectivity index (χ0n) is 7.57. The van der Waals surface area contributed by atoms with Crippen molar-refractivity contribution in [3.63, 3.8) is 0 Å². The highest BCUT2D eigenvalue weighted by atomic mass is 79.9. The van der Waals surface area contributed by atoms with Crippen LogP contribution < -0.4 is 5.73 Å². The summed E-state index contributed by atoms with van der Waals surface area (Å²) in [7, 11) is 0. The number of aromatic nitrogens is 3. The van der Waals surface area contributed by atoms with Crippen LogP contribution in [0.15, 0.2) is 16.2 Å². The fraction of sp³-hybridized carbons (Fsp3) is 0.250. The number of nitrogens with two attached hydrogens (primary N) is 1. The van der Waals surface area contributed by atoms with E-state index in [1.165, 1.54) is 0 Å². The molecule has 0 aliphatic rings. The Hall–Kier alpha value is -0.880. The van der Waals surface area contributed by atoms with Gasteiger partial charge in [0.1, 0.15) is 5.82 Å². The van der Waals surface area contributed by atoms with Crippen molar-refractivity contribution in [2.45, 2.75) is 13.5 Å². The van der Waals surface area contributed by atoms with E-state index in [2.05, 4.69) is 26.0 Å². The molecule has 2 aromatic heterocycles. The molecule has 0 aliphatic heterocycles. The van der Waals surface area contributed by atoms with Crippen molar-refractivity contribution >= 4 is 33.1 Å². The fourth-order valence-electron chi connectivity index (χ4n) is 1.17. The summed E-state index contributed by atoms with van der Waals surface area (Å²) in [5, 5.41) is 4.31. The van der Waals surface area contributed by atoms with Gasteiger partial charge in [0.25, 0.3) is 0 Å². The Balaban J connectivity index is 2.30. The molecule has 0 bridgehead atoms. The van der Waals surface area contributed by atoms with Crippen LogP contribution in [0.25, 0.3) is 0 Å². The Morgan fingerprint density at radius 1 is 1.64 bits per heavy atom. The first kappa shape index (κ1) is 9.67. The van der Waals surface area contributed by atoms with Gasteiger partial charge in [0.15, 0.2) is 0 Å². The molecule has 2 N–H and O–H groups in total. The van der Waals surface area contributed by atoms with Gasteiger partial charge in [-0.1, -0.05) is 0 Å². The Kier molecular flexibility index (Phi) is 2.56. The van der Waals surface area contributed by atoms with E-state index in [-0.39, 0.29) is 0 Å². The van der Waals surface area contributed by atoms with E-state index >= 15 is 0 Å². The molecule has 0 spiro atoms. The van der Waals surface area contributed by atoms with Gasteiger partial charge in [-0.15, -0.1) is 11.3 Å². The van der Waals surface area contributed by atoms with Gasteiger partial charge in [-0.05, 0) is 22.9 Å². The highest BCUT2D eigenvalue weighted by Gasteiger charge is 2.09. The molecule has 0 radical (unpaired) electrons. The maximum absolute atomic E-state index is 5.86. The summed E-state index contributed by atoms with van der Waals surface area (Å²) in [5.41, 5.74) is 8.57. The van der Waals surface area contributed by atoms with E-state index in [4.69, 9.17) is 5.73 Å². The first-order chi connectivity index (χ1) is 6.68. The predicted molar refractivity (Wildman–Crippen MR) is 60.3 cm³/mol. The molecular weight excluding hydrogens is 264 g/mol. The number of nitrogens with zero attached hydrogens (tertiary/aromatic N) is 3. The zero-order valence-corrected chi connectivity index (χ0v) is 9.97. The number of rotatable bonds is 2. The monoisotopic (exact) mass is 272 g/mol. The van der Waals surface area contributed by atoms with E-state index in [0.29, 0.717) is 12.4 Å².